The lowest BCUT2D eigenvalue weighted by atomic mass is 9.74. The predicted molar refractivity (Wildman–Crippen MR) is 157 cm³/mol. The Hall–Kier alpha value is -1.58. The molecule has 3 fully saturated rings. The molecule has 37 heavy (non-hydrogen) atoms. The Kier molecular flexibility index (Phi) is 7.20. The SMILES string of the molecule is C=P1(CCCc2ccccc2)OC(C2(C)COC(C)(C)C2)C2OC(C)(C)CC2C1Nc1ccc(C)cc1. The molecule has 3 aliphatic heterocycles. The molecule has 2 aromatic carbocycles. The van der Waals surface area contributed by atoms with Gasteiger partial charge in [-0.05, 0) is 84.2 Å². The molecule has 0 amide bonds. The Morgan fingerprint density at radius 3 is 2.32 bits per heavy atom. The molecule has 2 aromatic rings. The summed E-state index contributed by atoms with van der Waals surface area (Å²) in [5.74, 6) is 0.506. The Morgan fingerprint density at radius 1 is 0.973 bits per heavy atom. The third kappa shape index (κ3) is 5.74. The third-order valence-electron chi connectivity index (χ3n) is 8.66. The summed E-state index contributed by atoms with van der Waals surface area (Å²) < 4.78 is 20.5. The maximum atomic E-state index is 7.34. The van der Waals surface area contributed by atoms with Gasteiger partial charge in [0.1, 0.15) is 0 Å². The van der Waals surface area contributed by atoms with Crippen LogP contribution in [-0.4, -0.2) is 48.3 Å². The number of fused-ring (bicyclic) bond motifs is 1. The average Bonchev–Trinajstić information content (AvgIpc) is 3.31. The lowest BCUT2D eigenvalue weighted by Crippen LogP contribution is -2.54. The number of aryl methyl sites for hydroxylation is 2. The molecule has 0 saturated carbocycles. The van der Waals surface area contributed by atoms with Crippen molar-refractivity contribution in [2.24, 2.45) is 11.3 Å². The van der Waals surface area contributed by atoms with Crippen LogP contribution in [0.3, 0.4) is 0 Å². The first-order valence-electron chi connectivity index (χ1n) is 14.0. The van der Waals surface area contributed by atoms with Crippen molar-refractivity contribution in [1.82, 2.24) is 0 Å². The lowest BCUT2D eigenvalue weighted by Gasteiger charge is -2.52. The van der Waals surface area contributed by atoms with Gasteiger partial charge in [-0.1, -0.05) is 61.3 Å². The van der Waals surface area contributed by atoms with Gasteiger partial charge in [-0.15, -0.1) is 0 Å². The second-order valence-electron chi connectivity index (χ2n) is 13.3. The molecule has 3 aliphatic rings. The van der Waals surface area contributed by atoms with Crippen molar-refractivity contribution >= 4 is 19.1 Å². The standard InChI is InChI=1S/C32H46NO3P/c1-23-15-17-25(18-16-23)33-29-26-20-30(2,3)35-27(26)28(32(6)21-31(4,5)34-22-32)36-37(29,7)19-11-14-24-12-9-8-10-13-24/h8-10,12-13,15-18,26-29,33H,7,11,14,19-22H2,1-6H3. The molecule has 5 rings (SSSR count). The molecule has 6 unspecified atom stereocenters. The predicted octanol–water partition coefficient (Wildman–Crippen LogP) is 7.52. The molecule has 1 N–H and O–H groups in total. The van der Waals surface area contributed by atoms with Gasteiger partial charge in [-0.2, -0.15) is 0 Å². The van der Waals surface area contributed by atoms with E-state index in [1.54, 1.807) is 0 Å². The molecular weight excluding hydrogens is 477 g/mol. The fraction of sp³-hybridized carbons (Fsp3) is 0.594. The summed E-state index contributed by atoms with van der Waals surface area (Å²) in [5, 5.41) is 3.95. The first kappa shape index (κ1) is 27.0. The van der Waals surface area contributed by atoms with Crippen molar-refractivity contribution < 1.29 is 14.0 Å². The Labute approximate surface area is 224 Å². The van der Waals surface area contributed by atoms with E-state index in [-0.39, 0.29) is 34.6 Å². The van der Waals surface area contributed by atoms with Gasteiger partial charge in [0, 0.05) is 24.1 Å². The Morgan fingerprint density at radius 2 is 1.68 bits per heavy atom. The molecule has 0 spiro atoms. The fourth-order valence-corrected chi connectivity index (χ4v) is 10.4. The molecule has 0 radical (unpaired) electrons. The van der Waals surface area contributed by atoms with E-state index in [4.69, 9.17) is 20.3 Å². The first-order chi connectivity index (χ1) is 17.4. The maximum Gasteiger partial charge on any atom is 0.0959 e. The smallest absolute Gasteiger partial charge is 0.0959 e. The number of rotatable bonds is 7. The van der Waals surface area contributed by atoms with Crippen LogP contribution in [0.15, 0.2) is 54.6 Å². The van der Waals surface area contributed by atoms with Crippen LogP contribution >= 0.6 is 7.11 Å². The zero-order chi connectivity index (χ0) is 26.5. The minimum absolute atomic E-state index is 0.0142. The second kappa shape index (κ2) is 9.87. The summed E-state index contributed by atoms with van der Waals surface area (Å²) >= 11 is 0. The average molecular weight is 524 g/mol. The molecule has 202 valence electrons. The number of ether oxygens (including phenoxy) is 2. The lowest BCUT2D eigenvalue weighted by molar-refractivity contribution is -0.113. The van der Waals surface area contributed by atoms with Crippen LogP contribution < -0.4 is 5.32 Å². The quantitative estimate of drug-likeness (QED) is 0.381. The highest BCUT2D eigenvalue weighted by Gasteiger charge is 2.61. The van der Waals surface area contributed by atoms with Crippen LogP contribution in [0, 0.1) is 18.3 Å². The van der Waals surface area contributed by atoms with Crippen molar-refractivity contribution in [1.29, 1.82) is 0 Å². The van der Waals surface area contributed by atoms with Crippen molar-refractivity contribution in [3.63, 3.8) is 0 Å². The van der Waals surface area contributed by atoms with Gasteiger partial charge in [0.15, 0.2) is 0 Å². The van der Waals surface area contributed by atoms with E-state index in [0.717, 1.165) is 37.5 Å². The second-order valence-corrected chi connectivity index (χ2v) is 16.5. The minimum atomic E-state index is -2.10. The summed E-state index contributed by atoms with van der Waals surface area (Å²) in [4.78, 5) is 0. The van der Waals surface area contributed by atoms with Gasteiger partial charge in [-0.25, -0.2) is 0 Å². The molecule has 3 heterocycles. The van der Waals surface area contributed by atoms with E-state index in [0.29, 0.717) is 12.5 Å². The van der Waals surface area contributed by atoms with Crippen LogP contribution in [0.5, 0.6) is 0 Å². The molecule has 6 atom stereocenters. The van der Waals surface area contributed by atoms with Crippen LogP contribution in [0.4, 0.5) is 5.69 Å². The number of nitrogens with one attached hydrogen (secondary N) is 1. The van der Waals surface area contributed by atoms with Crippen LogP contribution in [0.1, 0.15) is 65.0 Å². The van der Waals surface area contributed by atoms with E-state index in [1.807, 2.05) is 0 Å². The van der Waals surface area contributed by atoms with E-state index in [2.05, 4.69) is 101 Å². The molecule has 3 saturated heterocycles. The normalized spacial score (nSPS) is 36.3. The molecular formula is C32H46NO3P. The van der Waals surface area contributed by atoms with Gasteiger partial charge in [-0.3, -0.25) is 0 Å². The third-order valence-corrected chi connectivity index (χ3v) is 11.9. The number of benzene rings is 2. The van der Waals surface area contributed by atoms with Crippen LogP contribution in [0.25, 0.3) is 0 Å². The number of anilines is 1. The summed E-state index contributed by atoms with van der Waals surface area (Å²) in [6.45, 7) is 14.1. The summed E-state index contributed by atoms with van der Waals surface area (Å²) in [6, 6.07) is 19.5. The fourth-order valence-electron chi connectivity index (χ4n) is 7.04. The Balaban J connectivity index is 1.48. The number of hydrogen-bond acceptors (Lipinski definition) is 4. The Bertz CT molecular complexity index is 1130. The van der Waals surface area contributed by atoms with E-state index >= 15 is 0 Å². The molecule has 0 aliphatic carbocycles. The minimum Gasteiger partial charge on any atom is -0.376 e. The summed E-state index contributed by atoms with van der Waals surface area (Å²) in [6.07, 6.45) is 10.1. The van der Waals surface area contributed by atoms with Crippen LogP contribution in [-0.2, 0) is 20.4 Å². The molecule has 0 bridgehead atoms. The topological polar surface area (TPSA) is 39.7 Å². The van der Waals surface area contributed by atoms with E-state index in [9.17, 15) is 0 Å². The molecule has 5 heteroatoms. The summed E-state index contributed by atoms with van der Waals surface area (Å²) in [7, 11) is -2.10. The van der Waals surface area contributed by atoms with Crippen LogP contribution in [0.2, 0.25) is 0 Å². The van der Waals surface area contributed by atoms with Gasteiger partial charge >= 0.3 is 0 Å². The van der Waals surface area contributed by atoms with Crippen molar-refractivity contribution in [3.8, 4) is 0 Å². The monoisotopic (exact) mass is 523 g/mol. The highest BCUT2D eigenvalue weighted by Crippen LogP contribution is 2.66. The zero-order valence-corrected chi connectivity index (χ0v) is 24.5. The highest BCUT2D eigenvalue weighted by molar-refractivity contribution is 7.70. The van der Waals surface area contributed by atoms with E-state index < -0.39 is 7.11 Å². The highest BCUT2D eigenvalue weighted by atomic mass is 31.2. The van der Waals surface area contributed by atoms with Gasteiger partial charge in [0.05, 0.1) is 35.8 Å². The zero-order valence-electron chi connectivity index (χ0n) is 23.6. The maximum absolute atomic E-state index is 7.34. The molecule has 0 aromatic heterocycles. The number of hydrogen-bond donors (Lipinski definition) is 1. The summed E-state index contributed by atoms with van der Waals surface area (Å²) in [5.41, 5.74) is 3.37. The van der Waals surface area contributed by atoms with Crippen molar-refractivity contribution in [3.05, 3.63) is 65.7 Å². The van der Waals surface area contributed by atoms with Gasteiger partial charge < -0.3 is 19.3 Å². The van der Waals surface area contributed by atoms with Crippen molar-refractivity contribution in [2.75, 3.05) is 18.1 Å². The van der Waals surface area contributed by atoms with E-state index in [1.165, 1.54) is 11.1 Å². The van der Waals surface area contributed by atoms with Gasteiger partial charge in [0.2, 0.25) is 0 Å². The van der Waals surface area contributed by atoms with Gasteiger partial charge in [0.25, 0.3) is 0 Å². The first-order valence-corrected chi connectivity index (χ1v) is 16.1. The van der Waals surface area contributed by atoms with Crippen molar-refractivity contribution in [2.45, 2.75) is 96.4 Å². The molecule has 4 nitrogen and oxygen atoms in total. The largest absolute Gasteiger partial charge is 0.376 e.